The topological polar surface area (TPSA) is 83.6 Å². The summed E-state index contributed by atoms with van der Waals surface area (Å²) in [6.07, 6.45) is 0. The number of hydrogen-bond acceptors (Lipinski definition) is 8. The maximum atomic E-state index is 12.5. The third-order valence-electron chi connectivity index (χ3n) is 14.9. The normalized spacial score (nSPS) is 14.9. The van der Waals surface area contributed by atoms with Gasteiger partial charge in [-0.05, 0) is 130 Å². The first-order valence-corrected chi connectivity index (χ1v) is 50.1. The Balaban J connectivity index is 0.000000415. The number of esters is 1. The summed E-state index contributed by atoms with van der Waals surface area (Å²) in [5.74, 6) is 1.36. The van der Waals surface area contributed by atoms with Gasteiger partial charge in [-0.1, -0.05) is 122 Å². The molecule has 0 bridgehead atoms. The standard InChI is InChI=1S/C26H37NO3Si.C24H31NO2Si.2C6H18NSi2.CH4.Sn/c1-10-29-25(28)20(4)24(27-22-15-11-18(2)12-16-22)21-14-13-19(3)23(17-21)30-31(8,9)26(5,6)7;1-16-9-13-20(14-10-16)25-22(18(3)23(25)26)19-12-11-17(2)21(15-19)27-28(7,8)24(4,5)6;2*1-8(2,3)7-9(4,5)6;;/h11-17,24,27H,4,10H2,1-3,5-9H3;9-15,22H,3H2,1-2,4-8H3;2*1-6H3;1H4;/q;;2*-1;;+2/t24-;22-;;;;/m11..../s1. The SMILES string of the molecule is C.C=C(C(=O)OCC)[C@@H](Nc1ccc(C)cc1)c1ccc(C)c(O[Si](C)(C)C(C)(C)C)c1.C=C1C(=O)N(c2ccc(C)cc2)[C@H]1c1ccc(C)c(O[Si](C)(C)C(C)(C)C)c1.C[Si](C)(C)[N]([Sn][N]([Si](C)(C)C)[Si](C)(C)C)[Si](C)(C)C. The molecule has 0 aromatic heterocycles. The number of carbonyl (C=O) groups excluding carboxylic acids is 2. The second-order valence-electron chi connectivity index (χ2n) is 28.4. The molecular weight excluding hydrogens is 1180 g/mol. The van der Waals surface area contributed by atoms with E-state index in [2.05, 4.69) is 202 Å². The van der Waals surface area contributed by atoms with E-state index in [4.69, 9.17) is 13.6 Å². The fraction of sp³-hybridized carbons (Fsp3) is 0.524. The van der Waals surface area contributed by atoms with Gasteiger partial charge in [0.25, 0.3) is 5.91 Å². The van der Waals surface area contributed by atoms with Crippen LogP contribution in [0, 0.1) is 27.7 Å². The minimum atomic E-state index is -2.01. The van der Waals surface area contributed by atoms with E-state index >= 15 is 0 Å². The van der Waals surface area contributed by atoms with Crippen LogP contribution in [-0.4, -0.2) is 94.7 Å². The number of nitrogens with zero attached hydrogens (tertiary/aromatic N) is 3. The molecule has 16 heteroatoms. The van der Waals surface area contributed by atoms with Crippen LogP contribution in [0.1, 0.15) is 101 Å². The van der Waals surface area contributed by atoms with E-state index in [1.807, 2.05) is 85.5 Å². The van der Waals surface area contributed by atoms with E-state index < -0.39 is 83.3 Å². The van der Waals surface area contributed by atoms with Gasteiger partial charge in [-0.2, -0.15) is 0 Å². The average molecular weight is 1290 g/mol. The molecule has 4 aromatic carbocycles. The van der Waals surface area contributed by atoms with Crippen LogP contribution < -0.4 is 19.1 Å². The van der Waals surface area contributed by atoms with Crippen molar-refractivity contribution < 1.29 is 23.2 Å². The van der Waals surface area contributed by atoms with Crippen LogP contribution in [0.25, 0.3) is 0 Å². The van der Waals surface area contributed by atoms with Gasteiger partial charge in [0.15, 0.2) is 0 Å². The Labute approximate surface area is 500 Å². The van der Waals surface area contributed by atoms with Crippen molar-refractivity contribution in [1.82, 2.24) is 4.91 Å². The number of ether oxygens (including phenoxy) is 1. The zero-order valence-electron chi connectivity index (χ0n) is 53.7. The van der Waals surface area contributed by atoms with Gasteiger partial charge in [0.2, 0.25) is 16.6 Å². The predicted octanol–water partition coefficient (Wildman–Crippen LogP) is 18.4. The van der Waals surface area contributed by atoms with Crippen LogP contribution in [0.4, 0.5) is 11.4 Å². The molecule has 1 N–H and O–H groups in total. The van der Waals surface area contributed by atoms with Crippen molar-refractivity contribution in [3.8, 4) is 11.5 Å². The number of hydrogen-bond donors (Lipinski definition) is 1. The Morgan fingerprint density at radius 2 is 1.03 bits per heavy atom. The summed E-state index contributed by atoms with van der Waals surface area (Å²) < 4.78 is 24.6. The van der Waals surface area contributed by atoms with Crippen LogP contribution in [0.3, 0.4) is 0 Å². The molecule has 0 saturated carbocycles. The van der Waals surface area contributed by atoms with E-state index in [0.29, 0.717) is 17.8 Å². The van der Waals surface area contributed by atoms with Gasteiger partial charge in [0, 0.05) is 16.9 Å². The van der Waals surface area contributed by atoms with Gasteiger partial charge in [0.1, 0.15) is 11.5 Å². The van der Waals surface area contributed by atoms with Crippen molar-refractivity contribution in [2.45, 2.75) is 211 Å². The quantitative estimate of drug-likeness (QED) is 0.0457. The van der Waals surface area contributed by atoms with Gasteiger partial charge in [-0.25, -0.2) is 4.79 Å². The van der Waals surface area contributed by atoms with Crippen molar-refractivity contribution >= 4 is 94.5 Å². The number of aryl methyl sites for hydroxylation is 4. The second-order valence-corrected chi connectivity index (χ2v) is 66.1. The molecule has 1 amide bonds. The van der Waals surface area contributed by atoms with E-state index in [-0.39, 0.29) is 29.5 Å². The Morgan fingerprint density at radius 1 is 0.633 bits per heavy atom. The molecule has 79 heavy (non-hydrogen) atoms. The van der Waals surface area contributed by atoms with Crippen molar-refractivity contribution in [2.75, 3.05) is 16.8 Å². The molecule has 1 aliphatic rings. The zero-order chi connectivity index (χ0) is 60.1. The van der Waals surface area contributed by atoms with Crippen LogP contribution >= 0.6 is 0 Å². The first-order chi connectivity index (χ1) is 35.2. The molecule has 0 spiro atoms. The summed E-state index contributed by atoms with van der Waals surface area (Å²) in [7, 11) is -8.64. The van der Waals surface area contributed by atoms with Gasteiger partial charge in [-0.15, -0.1) is 0 Å². The molecule has 4 aromatic rings. The van der Waals surface area contributed by atoms with Crippen LogP contribution in [0.2, 0.25) is 115 Å². The molecular formula is C63H108N4O5Si6Sn. The van der Waals surface area contributed by atoms with E-state index in [0.717, 1.165) is 45.1 Å². The van der Waals surface area contributed by atoms with Crippen molar-refractivity contribution in [2.24, 2.45) is 0 Å². The molecule has 2 radical (unpaired) electrons. The van der Waals surface area contributed by atoms with Crippen LogP contribution in [-0.2, 0) is 14.3 Å². The van der Waals surface area contributed by atoms with Crippen LogP contribution in [0.5, 0.6) is 11.5 Å². The van der Waals surface area contributed by atoms with Gasteiger partial charge < -0.3 is 18.9 Å². The average Bonchev–Trinajstić information content (AvgIpc) is 3.27. The number of anilines is 2. The molecule has 1 heterocycles. The van der Waals surface area contributed by atoms with E-state index in [1.165, 1.54) is 11.1 Å². The molecule has 438 valence electrons. The Bertz CT molecular complexity index is 2650. The van der Waals surface area contributed by atoms with E-state index in [9.17, 15) is 9.59 Å². The number of carbonyl (C=O) groups is 2. The van der Waals surface area contributed by atoms with E-state index in [1.54, 1.807) is 6.92 Å². The number of benzene rings is 4. The zero-order valence-corrected chi connectivity index (χ0v) is 62.6. The van der Waals surface area contributed by atoms with Crippen molar-refractivity contribution in [3.63, 3.8) is 0 Å². The first kappa shape index (κ1) is 71.8. The van der Waals surface area contributed by atoms with Crippen molar-refractivity contribution in [3.05, 3.63) is 143 Å². The predicted molar refractivity (Wildman–Crippen MR) is 361 cm³/mol. The maximum absolute atomic E-state index is 12.5. The summed E-state index contributed by atoms with van der Waals surface area (Å²) >= 11 is -0.599. The van der Waals surface area contributed by atoms with Gasteiger partial charge >= 0.3 is 144 Å². The molecule has 5 rings (SSSR count). The molecule has 1 aliphatic heterocycles. The number of rotatable bonds is 18. The number of β-lactam (4-membered cyclic amide) rings is 1. The summed E-state index contributed by atoms with van der Waals surface area (Å²) in [5, 5.41) is 3.67. The van der Waals surface area contributed by atoms with Gasteiger partial charge in [0.05, 0.1) is 24.3 Å². The summed E-state index contributed by atoms with van der Waals surface area (Å²) in [6, 6.07) is 27.9. The van der Waals surface area contributed by atoms with Crippen LogP contribution in [0.15, 0.2) is 109 Å². The van der Waals surface area contributed by atoms with Crippen molar-refractivity contribution in [1.29, 1.82) is 0 Å². The molecule has 2 atom stereocenters. The molecule has 9 nitrogen and oxygen atoms in total. The molecule has 0 aliphatic carbocycles. The summed E-state index contributed by atoms with van der Waals surface area (Å²) in [5.41, 5.74) is 9.30. The third kappa shape index (κ3) is 19.7. The van der Waals surface area contributed by atoms with Gasteiger partial charge in [-0.3, -0.25) is 9.69 Å². The third-order valence-corrected chi connectivity index (χ3v) is 63.8. The Kier molecular flexibility index (Phi) is 24.9. The fourth-order valence-electron chi connectivity index (χ4n) is 8.70. The molecule has 1 fully saturated rings. The molecule has 1 saturated heterocycles. The summed E-state index contributed by atoms with van der Waals surface area (Å²) in [6.45, 7) is 71.4. The Morgan fingerprint density at radius 3 is 1.42 bits per heavy atom. The fourth-order valence-corrected chi connectivity index (χ4v) is 44.4. The monoisotopic (exact) mass is 1290 g/mol. The number of amides is 1. The first-order valence-electron chi connectivity index (χ1n) is 28.0. The Hall–Kier alpha value is -3.28. The summed E-state index contributed by atoms with van der Waals surface area (Å²) in [4.78, 5) is 26.9. The molecule has 0 unspecified atom stereocenters. The number of nitrogens with one attached hydrogen (secondary N) is 1. The minimum absolute atomic E-state index is 0. The second kappa shape index (κ2) is 27.4.